The summed E-state index contributed by atoms with van der Waals surface area (Å²) in [5.74, 6) is 0.370. The summed E-state index contributed by atoms with van der Waals surface area (Å²) in [7, 11) is -4.70. The number of sulfonamides is 1. The monoisotopic (exact) mass is 998 g/mol. The Bertz CT molecular complexity index is 3050. The van der Waals surface area contributed by atoms with Crippen LogP contribution in [0.5, 0.6) is 11.6 Å². The van der Waals surface area contributed by atoms with Crippen LogP contribution in [0.4, 0.5) is 28.4 Å². The quantitative estimate of drug-likeness (QED) is 0.0766. The Hall–Kier alpha value is -5.95. The molecule has 4 N–H and O–H groups in total. The number of amides is 1. The molecule has 0 radical (unpaired) electrons. The zero-order valence-electron chi connectivity index (χ0n) is 40.3. The van der Waals surface area contributed by atoms with Crippen molar-refractivity contribution in [3.05, 3.63) is 99.7 Å². The summed E-state index contributed by atoms with van der Waals surface area (Å²) in [6.07, 6.45) is 14.1. The van der Waals surface area contributed by atoms with Gasteiger partial charge in [0.1, 0.15) is 24.0 Å². The van der Waals surface area contributed by atoms with Gasteiger partial charge in [-0.2, -0.15) is 4.98 Å². The highest BCUT2D eigenvalue weighted by molar-refractivity contribution is 7.90. The number of ether oxygens (including phenoxy) is 3. The number of aliphatic hydroxyl groups is 1. The number of aromatic amines is 1. The molecule has 1 amide bonds. The second-order valence-electron chi connectivity index (χ2n) is 21.9. The lowest BCUT2D eigenvalue weighted by molar-refractivity contribution is -0.384. The minimum absolute atomic E-state index is 0.0154. The number of piperidine rings is 1. The van der Waals surface area contributed by atoms with Crippen molar-refractivity contribution in [1.29, 1.82) is 0 Å². The molecule has 8 aliphatic rings. The van der Waals surface area contributed by atoms with Gasteiger partial charge in [0.05, 0.1) is 52.5 Å². The number of nitrogens with zero attached hydrogens (tertiary/aromatic N) is 5. The van der Waals surface area contributed by atoms with Crippen molar-refractivity contribution in [3.8, 4) is 11.6 Å². The SMILES string of the molecule is O=C(NS(=O)(=O)c1cc2c(c([N+](=O)[O-])c1)N[C@@H](C1CCC(O)CC1)CO2)c1ccc(N2CCC3(CC2)CC(N2CCC[C@H]2c2ccccc2C2CC2)C3)cc1N1c2cc3cc[nH]c3nc2O[C@@H]2CCOC[C@H]21. The zero-order valence-corrected chi connectivity index (χ0v) is 41.2. The fourth-order valence-corrected chi connectivity index (χ4v) is 14.5. The number of H-pyrrole nitrogens is 1. The number of aliphatic hydroxyl groups excluding tert-OH is 1. The minimum atomic E-state index is -4.70. The first-order valence-corrected chi connectivity index (χ1v) is 27.7. The van der Waals surface area contributed by atoms with Crippen LogP contribution in [-0.4, -0.2) is 109 Å². The van der Waals surface area contributed by atoms with E-state index in [0.29, 0.717) is 72.9 Å². The van der Waals surface area contributed by atoms with E-state index in [9.17, 15) is 28.4 Å². The molecule has 17 nitrogen and oxygen atoms in total. The molecule has 72 heavy (non-hydrogen) atoms. The number of nitro groups is 1. The Kier molecular flexibility index (Phi) is 11.4. The third-order valence-corrected chi connectivity index (χ3v) is 18.9. The zero-order chi connectivity index (χ0) is 48.9. The molecule has 18 heteroatoms. The maximum Gasteiger partial charge on any atom is 0.297 e. The summed E-state index contributed by atoms with van der Waals surface area (Å²) in [6, 6.07) is 21.3. The lowest BCUT2D eigenvalue weighted by Crippen LogP contribution is -2.55. The van der Waals surface area contributed by atoms with E-state index in [1.54, 1.807) is 17.2 Å². The fraction of sp³-hybridized carbons (Fsp3) is 0.519. The summed E-state index contributed by atoms with van der Waals surface area (Å²) < 4.78 is 49.7. The van der Waals surface area contributed by atoms with Crippen molar-refractivity contribution in [2.45, 2.75) is 131 Å². The molecule has 3 aromatic carbocycles. The van der Waals surface area contributed by atoms with E-state index in [0.717, 1.165) is 68.4 Å². The van der Waals surface area contributed by atoms with Gasteiger partial charge in [-0.1, -0.05) is 24.3 Å². The van der Waals surface area contributed by atoms with Gasteiger partial charge in [0.15, 0.2) is 11.4 Å². The van der Waals surface area contributed by atoms with Crippen molar-refractivity contribution in [3.63, 3.8) is 0 Å². The standard InChI is InChI=1S/C54H62N8O9S/c63-37-12-9-33(10-13-37)42-30-70-49-27-38(26-45(62(65)66)50(49)56-42)72(67,68)58-52(64)41-14-11-35(25-44(41)61-46-24-34-15-19-55-51(34)57-53(46)71-48-16-23-69-31-47(48)61)59-21-17-54(18-22-59)28-36(29-54)60-20-3-6-43(60)40-5-2-1-4-39(40)32-7-8-32/h1-2,4-5,11,14-15,19,24-27,32-33,36-37,42-43,47-48,56,63H,3,6-10,12-13,16-18,20-23,28-31H2,(H,55,57)(H,58,64)/t33?,37?,42-,43+,47-,48-/m1/s1. The van der Waals surface area contributed by atoms with Gasteiger partial charge >= 0.3 is 0 Å². The third kappa shape index (κ3) is 8.22. The van der Waals surface area contributed by atoms with Gasteiger partial charge in [-0.3, -0.25) is 19.8 Å². The first-order chi connectivity index (χ1) is 35.0. The number of likely N-dealkylation sites (tertiary alicyclic amines) is 1. The van der Waals surface area contributed by atoms with Crippen LogP contribution in [0.2, 0.25) is 0 Å². The van der Waals surface area contributed by atoms with Crippen molar-refractivity contribution >= 4 is 55.4 Å². The molecule has 3 aliphatic carbocycles. The van der Waals surface area contributed by atoms with Gasteiger partial charge in [-0.25, -0.2) is 13.1 Å². The number of anilines is 4. The van der Waals surface area contributed by atoms with Crippen LogP contribution in [0.3, 0.4) is 0 Å². The predicted molar refractivity (Wildman–Crippen MR) is 271 cm³/mol. The van der Waals surface area contributed by atoms with E-state index in [4.69, 9.17) is 19.2 Å². The molecule has 378 valence electrons. The molecule has 5 aliphatic heterocycles. The average Bonchev–Trinajstić information content (AvgIpc) is 3.94. The van der Waals surface area contributed by atoms with Crippen LogP contribution in [0.1, 0.15) is 117 Å². The Morgan fingerprint density at radius 3 is 2.50 bits per heavy atom. The largest absolute Gasteiger partial charge is 0.489 e. The topological polar surface area (TPSA) is 205 Å². The van der Waals surface area contributed by atoms with Crippen LogP contribution in [0.25, 0.3) is 11.0 Å². The maximum absolute atomic E-state index is 14.8. The Labute approximate surface area is 418 Å². The molecule has 7 heterocycles. The van der Waals surface area contributed by atoms with Gasteiger partial charge in [0.25, 0.3) is 21.6 Å². The van der Waals surface area contributed by atoms with E-state index < -0.39 is 31.4 Å². The summed E-state index contributed by atoms with van der Waals surface area (Å²) in [5, 5.41) is 26.7. The number of carbonyl (C=O) groups excluding carboxylic acids is 1. The molecular formula is C54H62N8O9S. The number of pyridine rings is 1. The Balaban J connectivity index is 0.790. The second kappa shape index (κ2) is 17.9. The lowest BCUT2D eigenvalue weighted by Gasteiger charge is -2.56. The number of hydrogen-bond donors (Lipinski definition) is 4. The smallest absolute Gasteiger partial charge is 0.297 e. The first-order valence-electron chi connectivity index (χ1n) is 26.2. The van der Waals surface area contributed by atoms with E-state index in [1.807, 2.05) is 35.4 Å². The van der Waals surface area contributed by atoms with Crippen molar-refractivity contribution < 1.29 is 37.5 Å². The number of aromatic nitrogens is 2. The lowest BCUT2D eigenvalue weighted by atomic mass is 9.59. The Morgan fingerprint density at radius 1 is 0.903 bits per heavy atom. The number of hydrogen-bond acceptors (Lipinski definition) is 14. The number of nitrogens with one attached hydrogen (secondary N) is 3. The van der Waals surface area contributed by atoms with E-state index in [2.05, 4.69) is 49.1 Å². The molecule has 6 fully saturated rings. The van der Waals surface area contributed by atoms with Crippen molar-refractivity contribution in [1.82, 2.24) is 19.6 Å². The highest BCUT2D eigenvalue weighted by Gasteiger charge is 2.51. The highest BCUT2D eigenvalue weighted by Crippen LogP contribution is 2.56. The van der Waals surface area contributed by atoms with E-state index in [1.165, 1.54) is 44.6 Å². The molecule has 2 aromatic heterocycles. The molecule has 4 atom stereocenters. The molecule has 0 unspecified atom stereocenters. The summed E-state index contributed by atoms with van der Waals surface area (Å²) >= 11 is 0. The maximum atomic E-state index is 14.8. The number of rotatable bonds is 10. The Morgan fingerprint density at radius 2 is 1.71 bits per heavy atom. The van der Waals surface area contributed by atoms with Gasteiger partial charge in [0.2, 0.25) is 5.88 Å². The predicted octanol–water partition coefficient (Wildman–Crippen LogP) is 8.47. The van der Waals surface area contributed by atoms with Crippen molar-refractivity contribution in [2.24, 2.45) is 11.3 Å². The molecule has 5 aromatic rings. The van der Waals surface area contributed by atoms with Crippen LogP contribution >= 0.6 is 0 Å². The molecule has 13 rings (SSSR count). The summed E-state index contributed by atoms with van der Waals surface area (Å²) in [6.45, 7) is 3.81. The minimum Gasteiger partial charge on any atom is -0.489 e. The van der Waals surface area contributed by atoms with Crippen molar-refractivity contribution in [2.75, 3.05) is 54.6 Å². The van der Waals surface area contributed by atoms with Crippen LogP contribution in [-0.2, 0) is 14.8 Å². The summed E-state index contributed by atoms with van der Waals surface area (Å²) in [4.78, 5) is 41.5. The molecule has 0 bridgehead atoms. The van der Waals surface area contributed by atoms with Crippen LogP contribution in [0.15, 0.2) is 77.8 Å². The van der Waals surface area contributed by atoms with Gasteiger partial charge < -0.3 is 39.4 Å². The van der Waals surface area contributed by atoms with Crippen LogP contribution < -0.4 is 29.3 Å². The number of nitro benzene ring substituents is 1. The van der Waals surface area contributed by atoms with Gasteiger partial charge in [0, 0.05) is 61.0 Å². The molecular weight excluding hydrogens is 937 g/mol. The molecule has 3 saturated heterocycles. The second-order valence-corrected chi connectivity index (χ2v) is 23.6. The normalized spacial score (nSPS) is 27.2. The average molecular weight is 999 g/mol. The fourth-order valence-electron chi connectivity index (χ4n) is 13.5. The van der Waals surface area contributed by atoms with E-state index >= 15 is 0 Å². The van der Waals surface area contributed by atoms with Crippen LogP contribution in [0, 0.1) is 21.4 Å². The van der Waals surface area contributed by atoms with Gasteiger partial charge in [-0.15, -0.1) is 0 Å². The highest BCUT2D eigenvalue weighted by atomic mass is 32.2. The number of fused-ring (bicyclic) bond motifs is 4. The summed E-state index contributed by atoms with van der Waals surface area (Å²) in [5.41, 5.74) is 5.81. The molecule has 1 spiro atoms. The van der Waals surface area contributed by atoms with E-state index in [-0.39, 0.29) is 53.8 Å². The number of benzene rings is 3. The number of carbonyl (C=O) groups is 1. The third-order valence-electron chi connectivity index (χ3n) is 17.6. The van der Waals surface area contributed by atoms with Gasteiger partial charge in [-0.05, 0) is 142 Å². The first kappa shape index (κ1) is 45.9. The molecule has 3 saturated carbocycles.